The van der Waals surface area contributed by atoms with Gasteiger partial charge in [-0.05, 0) is 29.7 Å². The first-order valence-corrected chi connectivity index (χ1v) is 6.87. The second-order valence-corrected chi connectivity index (χ2v) is 5.42. The highest BCUT2D eigenvalue weighted by Crippen LogP contribution is 2.35. The van der Waals surface area contributed by atoms with Crippen LogP contribution in [0.3, 0.4) is 0 Å². The number of benzene rings is 1. The van der Waals surface area contributed by atoms with E-state index in [-0.39, 0.29) is 11.3 Å². The predicted octanol–water partition coefficient (Wildman–Crippen LogP) is 4.56. The van der Waals surface area contributed by atoms with Gasteiger partial charge in [0, 0.05) is 11.6 Å². The van der Waals surface area contributed by atoms with E-state index >= 15 is 0 Å². The Balaban J connectivity index is 2.19. The van der Waals surface area contributed by atoms with Crippen molar-refractivity contribution in [3.05, 3.63) is 54.0 Å². The fourth-order valence-corrected chi connectivity index (χ4v) is 2.38. The lowest BCUT2D eigenvalue weighted by molar-refractivity contribution is -0.136. The fourth-order valence-electron chi connectivity index (χ4n) is 2.38. The predicted molar refractivity (Wildman–Crippen MR) is 78.0 cm³/mol. The van der Waals surface area contributed by atoms with E-state index in [0.29, 0.717) is 11.2 Å². The molecule has 0 aliphatic rings. The molecule has 0 unspecified atom stereocenters. The first kappa shape index (κ1) is 14.6. The van der Waals surface area contributed by atoms with Crippen LogP contribution >= 0.6 is 0 Å². The van der Waals surface area contributed by atoms with E-state index in [9.17, 15) is 13.2 Å². The molecule has 0 fully saturated rings. The molecular weight excluding hydrogens is 291 g/mol. The van der Waals surface area contributed by atoms with Gasteiger partial charge in [0.2, 0.25) is 0 Å². The molecule has 3 nitrogen and oxygen atoms in total. The molecule has 22 heavy (non-hydrogen) atoms. The summed E-state index contributed by atoms with van der Waals surface area (Å²) in [7, 11) is 0. The number of fused-ring (bicyclic) bond motifs is 1. The van der Waals surface area contributed by atoms with Crippen LogP contribution in [0.15, 0.2) is 42.9 Å². The fraction of sp³-hybridized carbons (Fsp3) is 0.250. The van der Waals surface area contributed by atoms with Gasteiger partial charge in [0.05, 0.1) is 29.2 Å². The van der Waals surface area contributed by atoms with Crippen LogP contribution in [0.4, 0.5) is 13.2 Å². The molecule has 6 heteroatoms. The Bertz CT molecular complexity index is 819. The van der Waals surface area contributed by atoms with Crippen LogP contribution in [0.2, 0.25) is 0 Å². The van der Waals surface area contributed by atoms with Crippen molar-refractivity contribution in [1.82, 2.24) is 14.8 Å². The Morgan fingerprint density at radius 3 is 2.55 bits per heavy atom. The summed E-state index contributed by atoms with van der Waals surface area (Å²) in [6, 6.07) is 5.98. The number of pyridine rings is 1. The number of aromatic nitrogens is 3. The van der Waals surface area contributed by atoms with E-state index in [4.69, 9.17) is 0 Å². The SMILES string of the molecule is CC(C)c1cncc(-n2ncc3c(C(F)(F)F)cccc32)c1. The quantitative estimate of drug-likeness (QED) is 0.694. The van der Waals surface area contributed by atoms with Crippen LogP contribution in [0.25, 0.3) is 16.6 Å². The zero-order valence-electron chi connectivity index (χ0n) is 12.1. The molecule has 0 aliphatic heterocycles. The first-order chi connectivity index (χ1) is 10.4. The molecule has 2 heterocycles. The van der Waals surface area contributed by atoms with Gasteiger partial charge in [0.25, 0.3) is 0 Å². The highest BCUT2D eigenvalue weighted by molar-refractivity contribution is 5.84. The zero-order valence-corrected chi connectivity index (χ0v) is 12.1. The molecule has 2 aromatic heterocycles. The summed E-state index contributed by atoms with van der Waals surface area (Å²) in [5.74, 6) is 0.278. The number of halogens is 3. The second-order valence-electron chi connectivity index (χ2n) is 5.42. The van der Waals surface area contributed by atoms with Crippen molar-refractivity contribution in [3.63, 3.8) is 0 Å². The number of alkyl halides is 3. The molecule has 0 aliphatic carbocycles. The molecule has 0 amide bonds. The molecule has 0 N–H and O–H groups in total. The van der Waals surface area contributed by atoms with Gasteiger partial charge in [-0.3, -0.25) is 4.98 Å². The van der Waals surface area contributed by atoms with Crippen LogP contribution < -0.4 is 0 Å². The normalized spacial score (nSPS) is 12.3. The van der Waals surface area contributed by atoms with Crippen molar-refractivity contribution in [2.45, 2.75) is 25.9 Å². The number of nitrogens with zero attached hydrogens (tertiary/aromatic N) is 3. The van der Waals surface area contributed by atoms with Crippen molar-refractivity contribution in [2.24, 2.45) is 0 Å². The number of rotatable bonds is 2. The Kier molecular flexibility index (Phi) is 3.39. The lowest BCUT2D eigenvalue weighted by Gasteiger charge is -2.10. The second kappa shape index (κ2) is 5.12. The molecule has 114 valence electrons. The van der Waals surface area contributed by atoms with Crippen LogP contribution in [-0.2, 0) is 6.18 Å². The number of hydrogen-bond acceptors (Lipinski definition) is 2. The van der Waals surface area contributed by atoms with Crippen molar-refractivity contribution < 1.29 is 13.2 Å². The molecule has 0 saturated heterocycles. The molecule has 1 aromatic carbocycles. The highest BCUT2D eigenvalue weighted by Gasteiger charge is 2.33. The third kappa shape index (κ3) is 2.45. The topological polar surface area (TPSA) is 30.7 Å². The minimum absolute atomic E-state index is 0.0879. The summed E-state index contributed by atoms with van der Waals surface area (Å²) in [6.07, 6.45) is 0.200. The minimum Gasteiger partial charge on any atom is -0.262 e. The summed E-state index contributed by atoms with van der Waals surface area (Å²) in [6.45, 7) is 4.06. The van der Waals surface area contributed by atoms with Crippen LogP contribution in [-0.4, -0.2) is 14.8 Å². The van der Waals surface area contributed by atoms with Gasteiger partial charge >= 0.3 is 6.18 Å². The average Bonchev–Trinajstić information content (AvgIpc) is 2.90. The maximum atomic E-state index is 13.1. The Labute approximate surface area is 125 Å². The molecule has 0 saturated carbocycles. The summed E-state index contributed by atoms with van der Waals surface area (Å²) >= 11 is 0. The number of hydrogen-bond donors (Lipinski definition) is 0. The van der Waals surface area contributed by atoms with Gasteiger partial charge in [-0.15, -0.1) is 0 Å². The smallest absolute Gasteiger partial charge is 0.262 e. The molecule has 0 radical (unpaired) electrons. The Morgan fingerprint density at radius 1 is 1.09 bits per heavy atom. The van der Waals surface area contributed by atoms with Gasteiger partial charge in [0.1, 0.15) is 0 Å². The van der Waals surface area contributed by atoms with Gasteiger partial charge in [0.15, 0.2) is 0 Å². The summed E-state index contributed by atoms with van der Waals surface area (Å²) < 4.78 is 40.6. The molecule has 0 spiro atoms. The first-order valence-electron chi connectivity index (χ1n) is 6.87. The third-order valence-corrected chi connectivity index (χ3v) is 3.58. The molecule has 0 atom stereocenters. The van der Waals surface area contributed by atoms with E-state index in [1.54, 1.807) is 18.5 Å². The standard InChI is InChI=1S/C16H14F3N3/c1-10(2)11-6-12(8-20-7-11)22-15-5-3-4-14(16(17,18)19)13(15)9-21-22/h3-10H,1-2H3. The zero-order chi connectivity index (χ0) is 15.9. The molecule has 0 bridgehead atoms. The van der Waals surface area contributed by atoms with E-state index in [1.807, 2.05) is 19.9 Å². The summed E-state index contributed by atoms with van der Waals surface area (Å²) in [5, 5.41) is 4.20. The van der Waals surface area contributed by atoms with Gasteiger partial charge in [-0.25, -0.2) is 4.68 Å². The van der Waals surface area contributed by atoms with Crippen LogP contribution in [0, 0.1) is 0 Å². The molecule has 3 rings (SSSR count). The van der Waals surface area contributed by atoms with Gasteiger partial charge in [-0.2, -0.15) is 18.3 Å². The van der Waals surface area contributed by atoms with Gasteiger partial charge in [-0.1, -0.05) is 19.9 Å². The molecular formula is C16H14F3N3. The van der Waals surface area contributed by atoms with E-state index in [2.05, 4.69) is 10.1 Å². The van der Waals surface area contributed by atoms with Crippen molar-refractivity contribution in [2.75, 3.05) is 0 Å². The summed E-state index contributed by atoms with van der Waals surface area (Å²) in [4.78, 5) is 4.16. The summed E-state index contributed by atoms with van der Waals surface area (Å²) in [5.41, 5.74) is 1.40. The van der Waals surface area contributed by atoms with Crippen LogP contribution in [0.5, 0.6) is 0 Å². The monoisotopic (exact) mass is 305 g/mol. The van der Waals surface area contributed by atoms with Crippen molar-refractivity contribution in [3.8, 4) is 5.69 Å². The minimum atomic E-state index is -4.40. The van der Waals surface area contributed by atoms with Crippen molar-refractivity contribution in [1.29, 1.82) is 0 Å². The van der Waals surface area contributed by atoms with E-state index < -0.39 is 11.7 Å². The average molecular weight is 305 g/mol. The molecule has 3 aromatic rings. The van der Waals surface area contributed by atoms with E-state index in [0.717, 1.165) is 11.6 Å². The van der Waals surface area contributed by atoms with E-state index in [1.165, 1.54) is 16.9 Å². The Hall–Kier alpha value is -2.37. The highest BCUT2D eigenvalue weighted by atomic mass is 19.4. The maximum absolute atomic E-state index is 13.1. The van der Waals surface area contributed by atoms with Crippen LogP contribution in [0.1, 0.15) is 30.9 Å². The van der Waals surface area contributed by atoms with Crippen molar-refractivity contribution >= 4 is 10.9 Å². The maximum Gasteiger partial charge on any atom is 0.417 e. The Morgan fingerprint density at radius 2 is 1.86 bits per heavy atom. The lowest BCUT2D eigenvalue weighted by atomic mass is 10.1. The third-order valence-electron chi connectivity index (χ3n) is 3.58. The lowest BCUT2D eigenvalue weighted by Crippen LogP contribution is -2.05. The largest absolute Gasteiger partial charge is 0.417 e. The van der Waals surface area contributed by atoms with Gasteiger partial charge < -0.3 is 0 Å².